The molecule has 0 aromatic carbocycles. The first kappa shape index (κ1) is 15.0. The molecule has 0 spiro atoms. The highest BCUT2D eigenvalue weighted by Crippen LogP contribution is 2.23. The molecule has 0 aliphatic heterocycles. The number of amides is 1. The summed E-state index contributed by atoms with van der Waals surface area (Å²) in [6.45, 7) is 3.78. The number of hydrogen-bond acceptors (Lipinski definition) is 4. The first-order valence-corrected chi connectivity index (χ1v) is 6.59. The van der Waals surface area contributed by atoms with Crippen LogP contribution in [0, 0.1) is 11.8 Å². The Labute approximate surface area is 108 Å². The van der Waals surface area contributed by atoms with E-state index in [0.717, 1.165) is 25.7 Å². The van der Waals surface area contributed by atoms with E-state index in [1.165, 1.54) is 7.11 Å². The average Bonchev–Trinajstić information content (AvgIpc) is 2.35. The monoisotopic (exact) mass is 256 g/mol. The van der Waals surface area contributed by atoms with Gasteiger partial charge in [-0.3, -0.25) is 4.79 Å². The van der Waals surface area contributed by atoms with Gasteiger partial charge in [-0.2, -0.15) is 0 Å². The van der Waals surface area contributed by atoms with E-state index in [0.29, 0.717) is 0 Å². The zero-order valence-electron chi connectivity index (χ0n) is 11.4. The number of ether oxygens (including phenoxy) is 1. The number of methoxy groups -OCH3 is 1. The fourth-order valence-corrected chi connectivity index (χ4v) is 2.28. The maximum absolute atomic E-state index is 12.1. The van der Waals surface area contributed by atoms with Crippen LogP contribution in [0.2, 0.25) is 0 Å². The average molecular weight is 256 g/mol. The molecule has 5 heteroatoms. The van der Waals surface area contributed by atoms with Crippen molar-refractivity contribution in [1.82, 2.24) is 5.32 Å². The van der Waals surface area contributed by atoms with Crippen molar-refractivity contribution in [2.45, 2.75) is 51.6 Å². The quantitative estimate of drug-likeness (QED) is 0.730. The molecule has 1 amide bonds. The molecule has 104 valence electrons. The topological polar surface area (TPSA) is 81.4 Å². The molecule has 0 aromatic rings. The van der Waals surface area contributed by atoms with Crippen LogP contribution in [0.4, 0.5) is 0 Å². The van der Waals surface area contributed by atoms with Crippen LogP contribution in [-0.4, -0.2) is 31.1 Å². The van der Waals surface area contributed by atoms with Crippen molar-refractivity contribution in [2.75, 3.05) is 7.11 Å². The number of nitrogens with two attached hydrogens (primary N) is 1. The van der Waals surface area contributed by atoms with Crippen LogP contribution in [0.25, 0.3) is 0 Å². The SMILES string of the molecule is COC(=O)C(NC(=O)C1CCC(N)CC1)C(C)C. The molecule has 1 aliphatic rings. The lowest BCUT2D eigenvalue weighted by Crippen LogP contribution is -2.48. The van der Waals surface area contributed by atoms with Crippen molar-refractivity contribution < 1.29 is 14.3 Å². The van der Waals surface area contributed by atoms with Gasteiger partial charge in [0.1, 0.15) is 6.04 Å². The third kappa shape index (κ3) is 3.98. The standard InChI is InChI=1S/C13H24N2O3/c1-8(2)11(13(17)18-3)15-12(16)9-4-6-10(14)7-5-9/h8-11H,4-7,14H2,1-3H3,(H,15,16). The van der Waals surface area contributed by atoms with Crippen LogP contribution in [0.5, 0.6) is 0 Å². The summed E-state index contributed by atoms with van der Waals surface area (Å²) in [6, 6.07) is -0.339. The van der Waals surface area contributed by atoms with Gasteiger partial charge in [-0.1, -0.05) is 13.8 Å². The molecule has 1 rings (SSSR count). The number of carbonyl (C=O) groups is 2. The van der Waals surface area contributed by atoms with E-state index < -0.39 is 6.04 Å². The zero-order valence-corrected chi connectivity index (χ0v) is 11.4. The lowest BCUT2D eigenvalue weighted by molar-refractivity contribution is -0.147. The molecular formula is C13H24N2O3. The lowest BCUT2D eigenvalue weighted by atomic mass is 9.85. The van der Waals surface area contributed by atoms with Gasteiger partial charge in [0.15, 0.2) is 0 Å². The molecule has 18 heavy (non-hydrogen) atoms. The van der Waals surface area contributed by atoms with Crippen molar-refractivity contribution in [3.05, 3.63) is 0 Å². The van der Waals surface area contributed by atoms with Crippen LogP contribution in [0.3, 0.4) is 0 Å². The van der Waals surface area contributed by atoms with Gasteiger partial charge in [-0.15, -0.1) is 0 Å². The highest BCUT2D eigenvalue weighted by Gasteiger charge is 2.30. The van der Waals surface area contributed by atoms with Gasteiger partial charge in [0.25, 0.3) is 0 Å². The first-order chi connectivity index (χ1) is 8.45. The second kappa shape index (κ2) is 6.73. The Morgan fingerprint density at radius 1 is 1.22 bits per heavy atom. The Morgan fingerprint density at radius 3 is 2.22 bits per heavy atom. The zero-order chi connectivity index (χ0) is 13.7. The summed E-state index contributed by atoms with van der Waals surface area (Å²) in [5.41, 5.74) is 5.81. The molecule has 1 aliphatic carbocycles. The highest BCUT2D eigenvalue weighted by molar-refractivity contribution is 5.85. The molecule has 0 saturated heterocycles. The van der Waals surface area contributed by atoms with Crippen LogP contribution in [0.15, 0.2) is 0 Å². The van der Waals surface area contributed by atoms with E-state index in [1.807, 2.05) is 13.8 Å². The molecule has 1 atom stereocenters. The number of esters is 1. The van der Waals surface area contributed by atoms with Crippen molar-refractivity contribution in [1.29, 1.82) is 0 Å². The molecule has 0 aromatic heterocycles. The maximum Gasteiger partial charge on any atom is 0.328 e. The van der Waals surface area contributed by atoms with Gasteiger partial charge in [-0.25, -0.2) is 4.79 Å². The van der Waals surface area contributed by atoms with E-state index in [-0.39, 0.29) is 29.8 Å². The van der Waals surface area contributed by atoms with Crippen molar-refractivity contribution in [3.63, 3.8) is 0 Å². The molecule has 0 radical (unpaired) electrons. The van der Waals surface area contributed by atoms with Crippen molar-refractivity contribution >= 4 is 11.9 Å². The Balaban J connectivity index is 2.53. The van der Waals surface area contributed by atoms with Gasteiger partial charge < -0.3 is 15.8 Å². The summed E-state index contributed by atoms with van der Waals surface area (Å²) in [6.07, 6.45) is 3.36. The Bertz CT molecular complexity index is 297. The summed E-state index contributed by atoms with van der Waals surface area (Å²) < 4.78 is 4.71. The van der Waals surface area contributed by atoms with Crippen LogP contribution < -0.4 is 11.1 Å². The highest BCUT2D eigenvalue weighted by atomic mass is 16.5. The molecule has 0 bridgehead atoms. The fraction of sp³-hybridized carbons (Fsp3) is 0.846. The second-order valence-electron chi connectivity index (χ2n) is 5.37. The third-order valence-corrected chi connectivity index (χ3v) is 3.56. The summed E-state index contributed by atoms with van der Waals surface area (Å²) in [5, 5.41) is 2.80. The van der Waals surface area contributed by atoms with Crippen LogP contribution >= 0.6 is 0 Å². The van der Waals surface area contributed by atoms with Gasteiger partial charge >= 0.3 is 5.97 Å². The van der Waals surface area contributed by atoms with Gasteiger partial charge in [0.2, 0.25) is 5.91 Å². The number of rotatable bonds is 4. The van der Waals surface area contributed by atoms with Crippen LogP contribution in [0.1, 0.15) is 39.5 Å². The summed E-state index contributed by atoms with van der Waals surface area (Å²) in [4.78, 5) is 23.6. The molecule has 5 nitrogen and oxygen atoms in total. The minimum absolute atomic E-state index is 0.0179. The van der Waals surface area contributed by atoms with Gasteiger partial charge in [0.05, 0.1) is 7.11 Å². The second-order valence-corrected chi connectivity index (χ2v) is 5.37. The number of nitrogens with one attached hydrogen (secondary N) is 1. The van der Waals surface area contributed by atoms with Crippen molar-refractivity contribution in [2.24, 2.45) is 17.6 Å². The molecule has 1 saturated carbocycles. The minimum atomic E-state index is -0.557. The first-order valence-electron chi connectivity index (χ1n) is 6.59. The molecule has 1 unspecified atom stereocenters. The fourth-order valence-electron chi connectivity index (χ4n) is 2.28. The van der Waals surface area contributed by atoms with Gasteiger partial charge in [-0.05, 0) is 31.6 Å². The lowest BCUT2D eigenvalue weighted by Gasteiger charge is -2.27. The molecule has 0 heterocycles. The third-order valence-electron chi connectivity index (χ3n) is 3.56. The Kier molecular flexibility index (Phi) is 5.59. The molecular weight excluding hydrogens is 232 g/mol. The summed E-state index contributed by atoms with van der Waals surface area (Å²) >= 11 is 0. The Morgan fingerprint density at radius 2 is 1.78 bits per heavy atom. The normalized spacial score (nSPS) is 25.6. The smallest absolute Gasteiger partial charge is 0.328 e. The minimum Gasteiger partial charge on any atom is -0.467 e. The van der Waals surface area contributed by atoms with E-state index in [9.17, 15) is 9.59 Å². The van der Waals surface area contributed by atoms with E-state index >= 15 is 0 Å². The van der Waals surface area contributed by atoms with E-state index in [1.54, 1.807) is 0 Å². The van der Waals surface area contributed by atoms with Gasteiger partial charge in [0, 0.05) is 12.0 Å². The van der Waals surface area contributed by atoms with Crippen LogP contribution in [-0.2, 0) is 14.3 Å². The van der Waals surface area contributed by atoms with E-state index in [4.69, 9.17) is 10.5 Å². The maximum atomic E-state index is 12.1. The van der Waals surface area contributed by atoms with Crippen molar-refractivity contribution in [3.8, 4) is 0 Å². The predicted octanol–water partition coefficient (Wildman–Crippen LogP) is 0.818. The molecule has 3 N–H and O–H groups in total. The predicted molar refractivity (Wildman–Crippen MR) is 68.7 cm³/mol. The summed E-state index contributed by atoms with van der Waals surface area (Å²) in [5.74, 6) is -0.431. The Hall–Kier alpha value is -1.10. The summed E-state index contributed by atoms with van der Waals surface area (Å²) in [7, 11) is 1.34. The number of hydrogen-bond donors (Lipinski definition) is 2. The number of carbonyl (C=O) groups excluding carboxylic acids is 2. The largest absolute Gasteiger partial charge is 0.467 e. The van der Waals surface area contributed by atoms with E-state index in [2.05, 4.69) is 5.32 Å². The molecule has 1 fully saturated rings.